The Morgan fingerprint density at radius 3 is 1.41 bits per heavy atom. The van der Waals surface area contributed by atoms with Gasteiger partial charge in [0.15, 0.2) is 8.32 Å². The highest BCUT2D eigenvalue weighted by molar-refractivity contribution is 6.99. The molecule has 0 unspecified atom stereocenters. The van der Waals surface area contributed by atoms with Crippen molar-refractivity contribution in [1.29, 1.82) is 0 Å². The van der Waals surface area contributed by atoms with Crippen molar-refractivity contribution in [2.24, 2.45) is 0 Å². The van der Waals surface area contributed by atoms with Gasteiger partial charge in [-0.25, -0.2) is 4.79 Å². The van der Waals surface area contributed by atoms with Gasteiger partial charge in [-0.05, 0) is 74.8 Å². The Morgan fingerprint density at radius 2 is 1.00 bits per heavy atom. The molecule has 5 nitrogen and oxygen atoms in total. The summed E-state index contributed by atoms with van der Waals surface area (Å²) in [5, 5.41) is 1.79. The number of benzene rings is 2. The first kappa shape index (κ1) is 71.8. The minimum atomic E-state index is -7.00. The molecule has 3 rings (SSSR count). The summed E-state index contributed by atoms with van der Waals surface area (Å²) in [6.07, 6.45) is 8.19. The zero-order valence-electron chi connectivity index (χ0n) is 51.2. The van der Waals surface area contributed by atoms with E-state index in [1.165, 1.54) is 57.4 Å². The molecule has 0 saturated heterocycles. The number of carbonyl (C=O) groups excluding carboxylic acids is 1. The third-order valence-corrected chi connectivity index (χ3v) is 34.4. The lowest BCUT2D eigenvalue weighted by atomic mass is 9.98. The molecule has 0 fully saturated rings. The van der Waals surface area contributed by atoms with Crippen LogP contribution in [0.4, 0.5) is 39.5 Å². The van der Waals surface area contributed by atoms with Crippen LogP contribution in [-0.4, -0.2) is 79.3 Å². The van der Waals surface area contributed by atoms with Crippen LogP contribution in [0.3, 0.4) is 0 Å². The molecule has 0 amide bonds. The molecule has 460 valence electrons. The SMILES string of the molecule is CCCCCCCCCCCCCC[C@H](CC[C@@H](C[C@@H](C[C@@H]1CC=CC(=O)O1)O[Si](C(C)C)(C(C)C)C(C)C)O[Si](CCC(F)(F)C(F)(F)C(F)(F)C(F)(F)F)(C(C)C)C(C)C)O[Si](c1ccccc1)(c1ccccc1)C(C)(C)C. The molecule has 0 aliphatic carbocycles. The van der Waals surface area contributed by atoms with E-state index in [0.29, 0.717) is 19.3 Å². The van der Waals surface area contributed by atoms with Crippen LogP contribution in [0, 0.1) is 0 Å². The van der Waals surface area contributed by atoms with Crippen LogP contribution in [0.5, 0.6) is 0 Å². The Morgan fingerprint density at radius 1 is 0.550 bits per heavy atom. The van der Waals surface area contributed by atoms with Gasteiger partial charge >= 0.3 is 29.9 Å². The Hall–Kier alpha value is -2.45. The Labute approximate surface area is 480 Å². The van der Waals surface area contributed by atoms with Gasteiger partial charge in [0.25, 0.3) is 8.32 Å². The highest BCUT2D eigenvalue weighted by atomic mass is 28.4. The molecule has 80 heavy (non-hydrogen) atoms. The van der Waals surface area contributed by atoms with Crippen molar-refractivity contribution in [3.63, 3.8) is 0 Å². The van der Waals surface area contributed by atoms with Crippen LogP contribution in [0.25, 0.3) is 0 Å². The average Bonchev–Trinajstić information content (AvgIpc) is 3.44. The fourth-order valence-corrected chi connectivity index (χ4v) is 28.0. The Balaban J connectivity index is 2.27. The van der Waals surface area contributed by atoms with Crippen molar-refractivity contribution in [2.45, 2.75) is 306 Å². The van der Waals surface area contributed by atoms with E-state index in [-0.39, 0.29) is 42.0 Å². The summed E-state index contributed by atoms with van der Waals surface area (Å²) in [4.78, 5) is 12.8. The molecule has 0 saturated carbocycles. The van der Waals surface area contributed by atoms with Crippen molar-refractivity contribution in [3.8, 4) is 0 Å². The first-order chi connectivity index (χ1) is 37.2. The summed E-state index contributed by atoms with van der Waals surface area (Å²) in [6.45, 7) is 28.7. The normalized spacial score (nSPS) is 16.9. The summed E-state index contributed by atoms with van der Waals surface area (Å²) >= 11 is 0. The van der Waals surface area contributed by atoms with Crippen LogP contribution in [-0.2, 0) is 22.8 Å². The van der Waals surface area contributed by atoms with Gasteiger partial charge in [0.1, 0.15) is 6.10 Å². The van der Waals surface area contributed by atoms with Gasteiger partial charge in [-0.2, -0.15) is 39.5 Å². The van der Waals surface area contributed by atoms with Crippen molar-refractivity contribution < 1.29 is 62.3 Å². The van der Waals surface area contributed by atoms with E-state index in [4.69, 9.17) is 18.0 Å². The second kappa shape index (κ2) is 31.6. The molecule has 1 heterocycles. The van der Waals surface area contributed by atoms with E-state index in [2.05, 4.69) is 93.5 Å². The second-order valence-electron chi connectivity index (χ2n) is 25.7. The van der Waals surface area contributed by atoms with E-state index >= 15 is 17.6 Å². The molecule has 2 aromatic rings. The molecule has 0 N–H and O–H groups in total. The largest absolute Gasteiger partial charge is 0.460 e. The number of esters is 1. The van der Waals surface area contributed by atoms with E-state index in [0.717, 1.165) is 36.1 Å². The quantitative estimate of drug-likeness (QED) is 0.0290. The smallest absolute Gasteiger partial charge is 0.459 e. The minimum Gasteiger partial charge on any atom is -0.459 e. The molecule has 0 aromatic heterocycles. The number of unbranched alkanes of at least 4 members (excludes halogenated alkanes) is 11. The maximum atomic E-state index is 15.8. The highest BCUT2D eigenvalue weighted by Gasteiger charge is 2.81. The maximum absolute atomic E-state index is 15.8. The monoisotopic (exact) mass is 1190 g/mol. The number of halogens is 9. The number of alkyl halides is 9. The molecule has 1 aliphatic heterocycles. The fourth-order valence-electron chi connectivity index (χ4n) is 13.0. The van der Waals surface area contributed by atoms with Gasteiger partial charge in [-0.15, -0.1) is 0 Å². The maximum Gasteiger partial charge on any atom is 0.460 e. The molecule has 0 radical (unpaired) electrons. The van der Waals surface area contributed by atoms with Gasteiger partial charge in [0.2, 0.25) is 8.32 Å². The molecular formula is C63H103F9O5Si3. The van der Waals surface area contributed by atoms with E-state index in [1.54, 1.807) is 33.8 Å². The topological polar surface area (TPSA) is 54.0 Å². The minimum absolute atomic E-state index is 0.122. The lowest BCUT2D eigenvalue weighted by molar-refractivity contribution is -0.396. The third-order valence-electron chi connectivity index (χ3n) is 17.4. The molecule has 0 spiro atoms. The number of carbonyl (C=O) groups is 1. The first-order valence-electron chi connectivity index (χ1n) is 30.4. The van der Waals surface area contributed by atoms with Gasteiger partial charge in [0, 0.05) is 37.5 Å². The molecular weight excluding hydrogens is 1090 g/mol. The summed E-state index contributed by atoms with van der Waals surface area (Å²) in [6, 6.07) is 19.8. The lowest BCUT2D eigenvalue weighted by Crippen LogP contribution is -2.67. The number of hydrogen-bond donors (Lipinski definition) is 0. The van der Waals surface area contributed by atoms with Crippen LogP contribution >= 0.6 is 0 Å². The van der Waals surface area contributed by atoms with Gasteiger partial charge in [-0.3, -0.25) is 0 Å². The molecule has 0 bridgehead atoms. The van der Waals surface area contributed by atoms with Crippen LogP contribution < -0.4 is 10.4 Å². The van der Waals surface area contributed by atoms with Gasteiger partial charge in [-0.1, -0.05) is 241 Å². The van der Waals surface area contributed by atoms with Crippen molar-refractivity contribution in [3.05, 3.63) is 72.8 Å². The number of cyclic esters (lactones) is 1. The van der Waals surface area contributed by atoms with Crippen LogP contribution in [0.15, 0.2) is 72.8 Å². The molecule has 17 heteroatoms. The predicted octanol–water partition coefficient (Wildman–Crippen LogP) is 20.0. The fraction of sp³-hybridized carbons (Fsp3) is 0.762. The Bertz CT molecular complexity index is 2030. The molecule has 2 aromatic carbocycles. The third kappa shape index (κ3) is 18.5. The van der Waals surface area contributed by atoms with Crippen LogP contribution in [0.1, 0.15) is 219 Å². The number of rotatable bonds is 38. The summed E-state index contributed by atoms with van der Waals surface area (Å²) < 4.78 is 160. The van der Waals surface area contributed by atoms with E-state index < -0.39 is 102 Å². The van der Waals surface area contributed by atoms with Crippen molar-refractivity contribution in [1.82, 2.24) is 0 Å². The predicted molar refractivity (Wildman–Crippen MR) is 317 cm³/mol. The summed E-state index contributed by atoms with van der Waals surface area (Å²) in [7, 11) is -9.82. The number of ether oxygens (including phenoxy) is 1. The Kier molecular flexibility index (Phi) is 28.4. The van der Waals surface area contributed by atoms with E-state index in [1.807, 2.05) is 36.4 Å². The molecule has 1 aliphatic rings. The standard InChI is InChI=1S/C63H103F9O5Si3/c1-15-16-17-18-19-20-21-22-23-24-25-28-34-52(77-80(59(12,13)14,56-36-29-26-30-37-56)57-38-31-27-32-39-57)41-42-54(46-55(45-53-35-33-40-58(73)74-53)76-79(49(6)7,50(8)9)51(10)11)75-78(47(2)3,48(4)5)44-43-60(64,65)61(66,67)62(68,69)63(70,71)72/h26-27,29-33,36-40,47-55H,15-25,28,34-35,41-46H2,1-14H3/t52-,53+,54+,55-/m1/s1. The molecule has 4 atom stereocenters. The first-order valence-corrected chi connectivity index (χ1v) is 36.7. The zero-order chi connectivity index (χ0) is 60.4. The van der Waals surface area contributed by atoms with E-state index in [9.17, 15) is 26.7 Å². The second-order valence-corrected chi connectivity index (χ2v) is 40.4. The summed E-state index contributed by atoms with van der Waals surface area (Å²) in [5.74, 6) is -20.0. The highest BCUT2D eigenvalue weighted by Crippen LogP contribution is 2.56. The van der Waals surface area contributed by atoms with Gasteiger partial charge in [0.05, 0.1) is 6.10 Å². The average molecular weight is 1200 g/mol. The number of hydrogen-bond acceptors (Lipinski definition) is 5. The summed E-state index contributed by atoms with van der Waals surface area (Å²) in [5.41, 5.74) is -0.798. The zero-order valence-corrected chi connectivity index (χ0v) is 54.2. The lowest BCUT2D eigenvalue weighted by Gasteiger charge is -2.47. The van der Waals surface area contributed by atoms with Crippen LogP contribution in [0.2, 0.25) is 38.8 Å². The van der Waals surface area contributed by atoms with Crippen molar-refractivity contribution in [2.75, 3.05) is 0 Å². The van der Waals surface area contributed by atoms with Crippen molar-refractivity contribution >= 4 is 41.3 Å². The van der Waals surface area contributed by atoms with Gasteiger partial charge < -0.3 is 18.0 Å².